The van der Waals surface area contributed by atoms with Gasteiger partial charge >= 0.3 is 0 Å². The van der Waals surface area contributed by atoms with Gasteiger partial charge in [-0.25, -0.2) is 4.98 Å². The molecule has 5 nitrogen and oxygen atoms in total. The molecule has 1 aliphatic carbocycles. The number of pyridine rings is 2. The van der Waals surface area contributed by atoms with Crippen LogP contribution in [0.3, 0.4) is 0 Å². The van der Waals surface area contributed by atoms with Crippen molar-refractivity contribution < 1.29 is 0 Å². The SMILES string of the molecule is O=c1ccc2c([nH]1)CCc1cnc3[nH]ncc3c1-2. The molecule has 0 amide bonds. The zero-order chi connectivity index (χ0) is 12.1. The van der Waals surface area contributed by atoms with Crippen molar-refractivity contribution in [3.63, 3.8) is 0 Å². The summed E-state index contributed by atoms with van der Waals surface area (Å²) in [5.74, 6) is 0. The lowest BCUT2D eigenvalue weighted by Crippen LogP contribution is -2.13. The second-order valence-corrected chi connectivity index (χ2v) is 4.51. The van der Waals surface area contributed by atoms with Crippen LogP contribution in [0.1, 0.15) is 11.3 Å². The van der Waals surface area contributed by atoms with Crippen molar-refractivity contribution in [2.45, 2.75) is 12.8 Å². The molecule has 0 saturated heterocycles. The van der Waals surface area contributed by atoms with Crippen molar-refractivity contribution in [1.29, 1.82) is 0 Å². The molecule has 0 radical (unpaired) electrons. The third-order valence-corrected chi connectivity index (χ3v) is 3.47. The molecule has 4 rings (SSSR count). The van der Waals surface area contributed by atoms with E-state index in [1.54, 1.807) is 12.3 Å². The lowest BCUT2D eigenvalue weighted by atomic mass is 9.88. The Balaban J connectivity index is 2.15. The molecule has 0 bridgehead atoms. The molecule has 0 unspecified atom stereocenters. The zero-order valence-electron chi connectivity index (χ0n) is 9.53. The van der Waals surface area contributed by atoms with Crippen LogP contribution in [-0.4, -0.2) is 20.2 Å². The average Bonchev–Trinajstić information content (AvgIpc) is 2.86. The fourth-order valence-corrected chi connectivity index (χ4v) is 2.66. The molecule has 3 aromatic rings. The van der Waals surface area contributed by atoms with Crippen LogP contribution in [0.4, 0.5) is 0 Å². The molecule has 18 heavy (non-hydrogen) atoms. The van der Waals surface area contributed by atoms with Crippen LogP contribution in [0, 0.1) is 0 Å². The van der Waals surface area contributed by atoms with Gasteiger partial charge in [0, 0.05) is 34.5 Å². The van der Waals surface area contributed by atoms with Crippen LogP contribution in [0.25, 0.3) is 22.2 Å². The summed E-state index contributed by atoms with van der Waals surface area (Å²) < 4.78 is 0. The van der Waals surface area contributed by atoms with E-state index in [2.05, 4.69) is 20.2 Å². The number of aromatic nitrogens is 4. The third-order valence-electron chi connectivity index (χ3n) is 3.47. The highest BCUT2D eigenvalue weighted by atomic mass is 16.1. The average molecular weight is 238 g/mol. The van der Waals surface area contributed by atoms with E-state index in [1.807, 2.05) is 12.3 Å². The van der Waals surface area contributed by atoms with E-state index in [0.29, 0.717) is 0 Å². The summed E-state index contributed by atoms with van der Waals surface area (Å²) in [6.45, 7) is 0. The van der Waals surface area contributed by atoms with E-state index in [1.165, 1.54) is 5.56 Å². The smallest absolute Gasteiger partial charge is 0.248 e. The molecule has 0 fully saturated rings. The van der Waals surface area contributed by atoms with E-state index in [-0.39, 0.29) is 5.56 Å². The van der Waals surface area contributed by atoms with Crippen LogP contribution in [0.15, 0.2) is 29.3 Å². The maximum atomic E-state index is 11.4. The standard InChI is InChI=1S/C13H10N4O/c18-11-4-2-8-10(16-11)3-1-7-5-14-13-9(12(7)8)6-15-17-13/h2,4-6H,1,3H2,(H,16,18)(H,14,15,17). The van der Waals surface area contributed by atoms with Crippen molar-refractivity contribution in [3.8, 4) is 11.1 Å². The first-order valence-electron chi connectivity index (χ1n) is 5.86. The molecule has 3 heterocycles. The highest BCUT2D eigenvalue weighted by Gasteiger charge is 2.20. The number of rotatable bonds is 0. The maximum Gasteiger partial charge on any atom is 0.248 e. The van der Waals surface area contributed by atoms with E-state index in [9.17, 15) is 4.79 Å². The number of hydrogen-bond acceptors (Lipinski definition) is 3. The fraction of sp³-hybridized carbons (Fsp3) is 0.154. The van der Waals surface area contributed by atoms with E-state index < -0.39 is 0 Å². The Morgan fingerprint density at radius 2 is 2.11 bits per heavy atom. The number of fused-ring (bicyclic) bond motifs is 5. The Hall–Kier alpha value is -2.43. The van der Waals surface area contributed by atoms with Crippen molar-refractivity contribution >= 4 is 11.0 Å². The highest BCUT2D eigenvalue weighted by Crippen LogP contribution is 2.35. The van der Waals surface area contributed by atoms with Gasteiger partial charge in [0.05, 0.1) is 6.20 Å². The molecule has 88 valence electrons. The summed E-state index contributed by atoms with van der Waals surface area (Å²) in [6.07, 6.45) is 5.44. The van der Waals surface area contributed by atoms with Crippen LogP contribution in [0.2, 0.25) is 0 Å². The Kier molecular flexibility index (Phi) is 1.75. The summed E-state index contributed by atoms with van der Waals surface area (Å²) in [5.41, 5.74) is 5.19. The second-order valence-electron chi connectivity index (χ2n) is 4.51. The molecule has 2 N–H and O–H groups in total. The van der Waals surface area contributed by atoms with Gasteiger partial charge in [0.2, 0.25) is 5.56 Å². The summed E-state index contributed by atoms with van der Waals surface area (Å²) in [7, 11) is 0. The molecule has 0 aromatic carbocycles. The van der Waals surface area contributed by atoms with Gasteiger partial charge in [0.1, 0.15) is 0 Å². The molecule has 0 spiro atoms. The van der Waals surface area contributed by atoms with Gasteiger partial charge in [-0.15, -0.1) is 0 Å². The maximum absolute atomic E-state index is 11.4. The molecule has 1 aliphatic rings. The van der Waals surface area contributed by atoms with E-state index in [4.69, 9.17) is 0 Å². The summed E-state index contributed by atoms with van der Waals surface area (Å²) >= 11 is 0. The minimum atomic E-state index is -0.0466. The fourth-order valence-electron chi connectivity index (χ4n) is 2.66. The predicted octanol–water partition coefficient (Wildman–Crippen LogP) is 1.41. The quantitative estimate of drug-likeness (QED) is 0.622. The number of aryl methyl sites for hydroxylation is 2. The number of hydrogen-bond donors (Lipinski definition) is 2. The van der Waals surface area contributed by atoms with Gasteiger partial charge in [-0.05, 0) is 24.5 Å². The summed E-state index contributed by atoms with van der Waals surface area (Å²) in [4.78, 5) is 18.7. The van der Waals surface area contributed by atoms with Crippen molar-refractivity contribution in [2.24, 2.45) is 0 Å². The normalized spacial score (nSPS) is 13.3. The second kappa shape index (κ2) is 3.29. The van der Waals surface area contributed by atoms with Crippen molar-refractivity contribution in [3.05, 3.63) is 46.1 Å². The zero-order valence-corrected chi connectivity index (χ0v) is 9.53. The first-order chi connectivity index (χ1) is 8.83. The Morgan fingerprint density at radius 1 is 1.17 bits per heavy atom. The van der Waals surface area contributed by atoms with Crippen molar-refractivity contribution in [2.75, 3.05) is 0 Å². The molecular weight excluding hydrogens is 228 g/mol. The van der Waals surface area contributed by atoms with Gasteiger partial charge in [-0.3, -0.25) is 9.89 Å². The predicted molar refractivity (Wildman–Crippen MR) is 67.4 cm³/mol. The number of nitrogens with one attached hydrogen (secondary N) is 2. The van der Waals surface area contributed by atoms with Crippen LogP contribution in [-0.2, 0) is 12.8 Å². The summed E-state index contributed by atoms with van der Waals surface area (Å²) in [6, 6.07) is 3.46. The molecule has 3 aromatic heterocycles. The molecule has 0 aliphatic heterocycles. The lowest BCUT2D eigenvalue weighted by Gasteiger charge is -2.19. The number of H-pyrrole nitrogens is 2. The lowest BCUT2D eigenvalue weighted by molar-refractivity contribution is 0.884. The largest absolute Gasteiger partial charge is 0.326 e. The molecule has 5 heteroatoms. The topological polar surface area (TPSA) is 74.4 Å². The van der Waals surface area contributed by atoms with Gasteiger partial charge < -0.3 is 4.98 Å². The third kappa shape index (κ3) is 1.18. The van der Waals surface area contributed by atoms with Crippen LogP contribution < -0.4 is 5.56 Å². The first-order valence-corrected chi connectivity index (χ1v) is 5.86. The van der Waals surface area contributed by atoms with E-state index in [0.717, 1.165) is 40.7 Å². The minimum Gasteiger partial charge on any atom is -0.326 e. The Labute approximate surface area is 102 Å². The number of nitrogens with zero attached hydrogens (tertiary/aromatic N) is 2. The van der Waals surface area contributed by atoms with Crippen LogP contribution >= 0.6 is 0 Å². The van der Waals surface area contributed by atoms with Gasteiger partial charge in [0.25, 0.3) is 0 Å². The summed E-state index contributed by atoms with van der Waals surface area (Å²) in [5, 5.41) is 7.93. The molecule has 0 saturated carbocycles. The van der Waals surface area contributed by atoms with Gasteiger partial charge in [0.15, 0.2) is 5.65 Å². The van der Waals surface area contributed by atoms with Gasteiger partial charge in [-0.1, -0.05) is 0 Å². The molecule has 0 atom stereocenters. The minimum absolute atomic E-state index is 0.0466. The van der Waals surface area contributed by atoms with Crippen molar-refractivity contribution in [1.82, 2.24) is 20.2 Å². The molecular formula is C13H10N4O. The van der Waals surface area contributed by atoms with E-state index >= 15 is 0 Å². The van der Waals surface area contributed by atoms with Crippen LogP contribution in [0.5, 0.6) is 0 Å². The monoisotopic (exact) mass is 238 g/mol. The Bertz CT molecular complexity index is 815. The highest BCUT2D eigenvalue weighted by molar-refractivity contribution is 5.95. The Morgan fingerprint density at radius 3 is 3.06 bits per heavy atom. The number of aromatic amines is 2. The first kappa shape index (κ1) is 9.58. The van der Waals surface area contributed by atoms with Gasteiger partial charge in [-0.2, -0.15) is 5.10 Å².